The van der Waals surface area contributed by atoms with Crippen molar-refractivity contribution in [3.63, 3.8) is 0 Å². The Balaban J connectivity index is 1.85. The second-order valence-electron chi connectivity index (χ2n) is 7.72. The van der Waals surface area contributed by atoms with Crippen molar-refractivity contribution in [2.75, 3.05) is 0 Å². The van der Waals surface area contributed by atoms with Crippen LogP contribution >= 0.6 is 0 Å². The van der Waals surface area contributed by atoms with Crippen molar-refractivity contribution in [1.29, 1.82) is 0 Å². The van der Waals surface area contributed by atoms with Gasteiger partial charge in [0.25, 0.3) is 0 Å². The Kier molecular flexibility index (Phi) is 3.68. The fourth-order valence-corrected chi connectivity index (χ4v) is 4.76. The summed E-state index contributed by atoms with van der Waals surface area (Å²) in [7, 11) is 3.63. The predicted molar refractivity (Wildman–Crippen MR) is 125 cm³/mol. The molecule has 0 bridgehead atoms. The second kappa shape index (κ2) is 6.40. The number of aromatic nitrogens is 1. The van der Waals surface area contributed by atoms with Gasteiger partial charge in [0.15, 0.2) is 0 Å². The largest absolute Gasteiger partial charge is 0.246 e. The third-order valence-corrected chi connectivity index (χ3v) is 6.34. The first-order chi connectivity index (χ1) is 14.3. The van der Waals surface area contributed by atoms with Crippen molar-refractivity contribution in [3.05, 3.63) is 90.0 Å². The predicted octanol–water partition coefficient (Wildman–Crippen LogP) is 5.96. The number of benzene rings is 4. The van der Waals surface area contributed by atoms with Crippen LogP contribution in [0.25, 0.3) is 49.8 Å². The van der Waals surface area contributed by atoms with Crippen LogP contribution in [-0.4, -0.2) is 15.2 Å². The van der Waals surface area contributed by atoms with E-state index in [4.69, 9.17) is 4.98 Å². The summed E-state index contributed by atoms with van der Waals surface area (Å²) < 4.78 is 0. The zero-order valence-electron chi connectivity index (χ0n) is 15.9. The average molecular weight is 385 g/mol. The van der Waals surface area contributed by atoms with E-state index in [1.54, 1.807) is 0 Å². The highest BCUT2D eigenvalue weighted by Gasteiger charge is 2.17. The van der Waals surface area contributed by atoms with Gasteiger partial charge in [-0.25, -0.2) is 4.98 Å². The molecule has 6 rings (SSSR count). The maximum absolute atomic E-state index is 5.26. The van der Waals surface area contributed by atoms with Crippen molar-refractivity contribution in [2.24, 2.45) is 0 Å². The molecule has 3 radical (unpaired) electrons. The van der Waals surface area contributed by atoms with Crippen molar-refractivity contribution < 1.29 is 0 Å². The Morgan fingerprint density at radius 1 is 0.724 bits per heavy atom. The quantitative estimate of drug-likeness (QED) is 0.197. The van der Waals surface area contributed by atoms with Crippen LogP contribution in [0.1, 0.15) is 17.5 Å². The Morgan fingerprint density at radius 3 is 2.41 bits per heavy atom. The molecule has 1 aliphatic rings. The van der Waals surface area contributed by atoms with Gasteiger partial charge in [0, 0.05) is 27.3 Å². The van der Waals surface area contributed by atoms with E-state index in [0.717, 1.165) is 29.1 Å². The molecule has 0 fully saturated rings. The zero-order valence-corrected chi connectivity index (χ0v) is 16.9. The number of hydrogen-bond donors (Lipinski definition) is 0. The van der Waals surface area contributed by atoms with Crippen molar-refractivity contribution in [3.8, 4) is 11.1 Å². The topological polar surface area (TPSA) is 12.9 Å². The van der Waals surface area contributed by atoms with Gasteiger partial charge in [-0.3, -0.25) is 0 Å². The molecule has 1 aromatic heterocycles. The van der Waals surface area contributed by atoms with Crippen molar-refractivity contribution >= 4 is 54.1 Å². The summed E-state index contributed by atoms with van der Waals surface area (Å²) in [5, 5.41) is 5.95. The molecule has 4 aromatic carbocycles. The van der Waals surface area contributed by atoms with E-state index in [0.29, 0.717) is 0 Å². The third kappa shape index (κ3) is 2.56. The standard InChI is InChI=1S/C27H18NSi/c29-20-13-9-19(10-14-20)25-23-15-11-17-5-1-3-7-21(17)26(23)28-27-22-8-4-2-6-18(22)12-16-24(25)27/h1,3-5,7-16H,2,6H2. The molecule has 1 nitrogen and oxygen atoms in total. The lowest BCUT2D eigenvalue weighted by Crippen LogP contribution is -2.01. The molecule has 0 aliphatic heterocycles. The van der Waals surface area contributed by atoms with E-state index in [2.05, 4.69) is 95.2 Å². The van der Waals surface area contributed by atoms with E-state index in [1.807, 2.05) is 0 Å². The Labute approximate surface area is 173 Å². The molecule has 0 N–H and O–H groups in total. The first-order valence-corrected chi connectivity index (χ1v) is 10.6. The first kappa shape index (κ1) is 16.7. The average Bonchev–Trinajstić information content (AvgIpc) is 2.78. The Bertz CT molecular complexity index is 1450. The van der Waals surface area contributed by atoms with Crippen LogP contribution in [0.5, 0.6) is 0 Å². The summed E-state index contributed by atoms with van der Waals surface area (Å²) in [6, 6.07) is 26.2. The normalized spacial score (nSPS) is 13.3. The van der Waals surface area contributed by atoms with Gasteiger partial charge in [0.05, 0.1) is 21.3 Å². The number of fused-ring (bicyclic) bond motifs is 6. The maximum Gasteiger partial charge on any atom is 0.0794 e. The Hall–Kier alpha value is -3.23. The summed E-state index contributed by atoms with van der Waals surface area (Å²) in [5.41, 5.74) is 7.36. The molecule has 2 heteroatoms. The summed E-state index contributed by atoms with van der Waals surface area (Å²) >= 11 is 0. The van der Waals surface area contributed by atoms with E-state index >= 15 is 0 Å². The molecule has 1 aliphatic carbocycles. The van der Waals surface area contributed by atoms with Crippen LogP contribution < -0.4 is 5.19 Å². The summed E-state index contributed by atoms with van der Waals surface area (Å²) in [4.78, 5) is 5.26. The smallest absolute Gasteiger partial charge is 0.0794 e. The Morgan fingerprint density at radius 2 is 1.52 bits per heavy atom. The molecule has 29 heavy (non-hydrogen) atoms. The first-order valence-electron chi connectivity index (χ1n) is 10.1. The molecule has 0 saturated heterocycles. The fourth-order valence-electron chi connectivity index (χ4n) is 4.60. The van der Waals surface area contributed by atoms with Crippen LogP contribution in [0.4, 0.5) is 0 Å². The molecule has 0 amide bonds. The number of nitrogens with zero attached hydrogens (tertiary/aromatic N) is 1. The van der Waals surface area contributed by atoms with Crippen molar-refractivity contribution in [1.82, 2.24) is 4.98 Å². The molecular weight excluding hydrogens is 366 g/mol. The molecule has 0 saturated carbocycles. The van der Waals surface area contributed by atoms with Gasteiger partial charge in [-0.1, -0.05) is 90.1 Å². The van der Waals surface area contributed by atoms with Gasteiger partial charge in [0.1, 0.15) is 0 Å². The lowest BCUT2D eigenvalue weighted by Gasteiger charge is -2.18. The van der Waals surface area contributed by atoms with Crippen LogP contribution in [0.2, 0.25) is 0 Å². The maximum atomic E-state index is 5.26. The second-order valence-corrected chi connectivity index (χ2v) is 8.30. The number of aryl methyl sites for hydroxylation is 1. The van der Waals surface area contributed by atoms with Gasteiger partial charge >= 0.3 is 0 Å². The molecule has 0 unspecified atom stereocenters. The van der Waals surface area contributed by atoms with Gasteiger partial charge in [0.2, 0.25) is 0 Å². The minimum atomic E-state index is 1.08. The molecule has 135 valence electrons. The van der Waals surface area contributed by atoms with Crippen LogP contribution in [0.15, 0.2) is 78.9 Å². The number of pyridine rings is 1. The van der Waals surface area contributed by atoms with Crippen LogP contribution in [-0.2, 0) is 6.42 Å². The number of rotatable bonds is 1. The van der Waals surface area contributed by atoms with Gasteiger partial charge < -0.3 is 0 Å². The fraction of sp³-hybridized carbons (Fsp3) is 0.0741. The molecular formula is C27H18NSi. The summed E-state index contributed by atoms with van der Waals surface area (Å²) in [6.07, 6.45) is 6.73. The van der Waals surface area contributed by atoms with E-state index in [-0.39, 0.29) is 0 Å². The number of allylic oxidation sites excluding steroid dienone is 1. The molecule has 0 spiro atoms. The van der Waals surface area contributed by atoms with E-state index in [9.17, 15) is 0 Å². The SMILES string of the molecule is [Si]c1ccc(-c2c3ccc4c(c3nc3c2ccc2ccccc23)C=CCC4)cc1. The minimum Gasteiger partial charge on any atom is -0.246 e. The lowest BCUT2D eigenvalue weighted by molar-refractivity contribution is 0.988. The van der Waals surface area contributed by atoms with Gasteiger partial charge in [-0.2, -0.15) is 0 Å². The highest BCUT2D eigenvalue weighted by atomic mass is 28.1. The van der Waals surface area contributed by atoms with Crippen LogP contribution in [0.3, 0.4) is 0 Å². The highest BCUT2D eigenvalue weighted by Crippen LogP contribution is 2.39. The summed E-state index contributed by atoms with van der Waals surface area (Å²) in [6.45, 7) is 0. The lowest BCUT2D eigenvalue weighted by atomic mass is 9.89. The van der Waals surface area contributed by atoms with E-state index in [1.165, 1.54) is 43.8 Å². The molecule has 0 atom stereocenters. The zero-order chi connectivity index (χ0) is 19.4. The van der Waals surface area contributed by atoms with Crippen LogP contribution in [0, 0.1) is 0 Å². The third-order valence-electron chi connectivity index (χ3n) is 6.01. The monoisotopic (exact) mass is 384 g/mol. The van der Waals surface area contributed by atoms with Gasteiger partial charge in [-0.15, -0.1) is 0 Å². The van der Waals surface area contributed by atoms with E-state index < -0.39 is 0 Å². The minimum absolute atomic E-state index is 1.08. The molecule has 5 aromatic rings. The van der Waals surface area contributed by atoms with Gasteiger partial charge in [-0.05, 0) is 29.4 Å². The number of hydrogen-bond acceptors (Lipinski definition) is 1. The highest BCUT2D eigenvalue weighted by molar-refractivity contribution is 6.32. The summed E-state index contributed by atoms with van der Waals surface area (Å²) in [5.74, 6) is 0. The van der Waals surface area contributed by atoms with Crippen molar-refractivity contribution in [2.45, 2.75) is 12.8 Å². The molecule has 1 heterocycles.